The van der Waals surface area contributed by atoms with Crippen molar-refractivity contribution in [2.45, 2.75) is 44.9 Å². The molecule has 0 N–H and O–H groups in total. The maximum atomic E-state index is 6.64. The summed E-state index contributed by atoms with van der Waals surface area (Å²) in [5.41, 5.74) is 1.35. The molecule has 1 atom stereocenters. The van der Waals surface area contributed by atoms with Crippen molar-refractivity contribution in [2.75, 3.05) is 0 Å². The molecule has 1 unspecified atom stereocenters. The molecule has 0 bridgehead atoms. The average Bonchev–Trinajstić information content (AvgIpc) is 2.58. The van der Waals surface area contributed by atoms with Gasteiger partial charge in [-0.05, 0) is 59.2 Å². The molecule has 16 heavy (non-hydrogen) atoms. The summed E-state index contributed by atoms with van der Waals surface area (Å²) in [6.07, 6.45) is 5.28. The van der Waals surface area contributed by atoms with Gasteiger partial charge in [-0.15, -0.1) is 22.9 Å². The Hall–Kier alpha value is 0.470. The first kappa shape index (κ1) is 12.9. The molecule has 1 aromatic rings. The molecular weight excluding hydrogens is 304 g/mol. The first-order valence-corrected chi connectivity index (χ1v) is 8.02. The van der Waals surface area contributed by atoms with E-state index < -0.39 is 0 Å². The zero-order valence-electron chi connectivity index (χ0n) is 9.80. The van der Waals surface area contributed by atoms with Crippen molar-refractivity contribution in [1.82, 2.24) is 0 Å². The lowest BCUT2D eigenvalue weighted by Crippen LogP contribution is -2.16. The van der Waals surface area contributed by atoms with Crippen LogP contribution in [0.3, 0.4) is 0 Å². The van der Waals surface area contributed by atoms with Gasteiger partial charge in [0, 0.05) is 4.88 Å². The fourth-order valence-corrected chi connectivity index (χ4v) is 4.87. The maximum Gasteiger partial charge on any atom is 0.0704 e. The van der Waals surface area contributed by atoms with Gasteiger partial charge in [0.15, 0.2) is 0 Å². The fraction of sp³-hybridized carbons (Fsp3) is 0.692. The summed E-state index contributed by atoms with van der Waals surface area (Å²) in [7, 11) is 0. The van der Waals surface area contributed by atoms with Crippen molar-refractivity contribution in [3.8, 4) is 0 Å². The van der Waals surface area contributed by atoms with Crippen molar-refractivity contribution in [3.63, 3.8) is 0 Å². The molecule has 0 amide bonds. The summed E-state index contributed by atoms with van der Waals surface area (Å²) in [4.78, 5) is 1.37. The van der Waals surface area contributed by atoms with Gasteiger partial charge in [-0.2, -0.15) is 0 Å². The Kier molecular flexibility index (Phi) is 4.37. The van der Waals surface area contributed by atoms with Gasteiger partial charge in [0.2, 0.25) is 0 Å². The molecule has 0 aromatic carbocycles. The molecule has 2 rings (SSSR count). The van der Waals surface area contributed by atoms with Crippen LogP contribution in [-0.4, -0.2) is 0 Å². The van der Waals surface area contributed by atoms with Crippen LogP contribution in [0.15, 0.2) is 9.85 Å². The molecule has 1 saturated carbocycles. The number of alkyl halides is 1. The standard InChI is InChI=1S/C13H18BrClS/c1-8-3-5-10(6-4-8)13(15)11-7-12(14)16-9(11)2/h7-8,10,13H,3-6H2,1-2H3. The number of hydrogen-bond donors (Lipinski definition) is 0. The van der Waals surface area contributed by atoms with E-state index in [9.17, 15) is 0 Å². The van der Waals surface area contributed by atoms with Crippen molar-refractivity contribution >= 4 is 38.9 Å². The molecule has 1 aliphatic rings. The number of hydrogen-bond acceptors (Lipinski definition) is 1. The highest BCUT2D eigenvalue weighted by atomic mass is 79.9. The lowest BCUT2D eigenvalue weighted by molar-refractivity contribution is 0.283. The lowest BCUT2D eigenvalue weighted by atomic mass is 9.80. The largest absolute Gasteiger partial charge is 0.133 e. The second kappa shape index (κ2) is 5.41. The molecule has 0 nitrogen and oxygen atoms in total. The molecule has 1 aliphatic carbocycles. The van der Waals surface area contributed by atoms with Crippen LogP contribution < -0.4 is 0 Å². The van der Waals surface area contributed by atoms with Crippen molar-refractivity contribution in [3.05, 3.63) is 20.3 Å². The Morgan fingerprint density at radius 1 is 1.38 bits per heavy atom. The van der Waals surface area contributed by atoms with Crippen molar-refractivity contribution in [1.29, 1.82) is 0 Å². The highest BCUT2D eigenvalue weighted by Crippen LogP contribution is 2.43. The van der Waals surface area contributed by atoms with Gasteiger partial charge >= 0.3 is 0 Å². The minimum absolute atomic E-state index is 0.218. The third kappa shape index (κ3) is 2.83. The van der Waals surface area contributed by atoms with Gasteiger partial charge in [-0.1, -0.05) is 19.8 Å². The number of halogens is 2. The second-order valence-corrected chi connectivity index (χ2v) is 8.09. The van der Waals surface area contributed by atoms with Crippen LogP contribution in [0.5, 0.6) is 0 Å². The maximum absolute atomic E-state index is 6.64. The smallest absolute Gasteiger partial charge is 0.0704 e. The van der Waals surface area contributed by atoms with Gasteiger partial charge in [-0.25, -0.2) is 0 Å². The van der Waals surface area contributed by atoms with Crippen molar-refractivity contribution in [2.24, 2.45) is 11.8 Å². The highest BCUT2D eigenvalue weighted by molar-refractivity contribution is 9.11. The normalized spacial score (nSPS) is 28.0. The molecule has 90 valence electrons. The molecule has 0 saturated heterocycles. The van der Waals surface area contributed by atoms with Crippen LogP contribution >= 0.6 is 38.9 Å². The monoisotopic (exact) mass is 320 g/mol. The Balaban J connectivity index is 2.07. The Morgan fingerprint density at radius 2 is 2.00 bits per heavy atom. The summed E-state index contributed by atoms with van der Waals surface area (Å²) in [6.45, 7) is 4.53. The molecular formula is C13H18BrClS. The van der Waals surface area contributed by atoms with E-state index >= 15 is 0 Å². The zero-order valence-corrected chi connectivity index (χ0v) is 13.0. The lowest BCUT2D eigenvalue weighted by Gasteiger charge is -2.29. The first-order chi connectivity index (χ1) is 7.58. The molecule has 0 aliphatic heterocycles. The summed E-state index contributed by atoms with van der Waals surface area (Å²) in [6, 6.07) is 2.20. The van der Waals surface area contributed by atoms with Gasteiger partial charge < -0.3 is 0 Å². The topological polar surface area (TPSA) is 0 Å². The van der Waals surface area contributed by atoms with E-state index in [0.717, 1.165) is 5.92 Å². The quantitative estimate of drug-likeness (QED) is 0.593. The second-order valence-electron chi connectivity index (χ2n) is 4.98. The van der Waals surface area contributed by atoms with E-state index in [1.54, 1.807) is 11.3 Å². The molecule has 1 fully saturated rings. The Bertz CT molecular complexity index is 353. The number of rotatable bonds is 2. The zero-order chi connectivity index (χ0) is 11.7. The minimum atomic E-state index is 0.218. The summed E-state index contributed by atoms with van der Waals surface area (Å²) in [5.74, 6) is 1.58. The van der Waals surface area contributed by atoms with Gasteiger partial charge in [0.25, 0.3) is 0 Å². The van der Waals surface area contributed by atoms with Crippen LogP contribution in [0.2, 0.25) is 0 Å². The summed E-state index contributed by atoms with van der Waals surface area (Å²) >= 11 is 12.0. The number of aryl methyl sites for hydroxylation is 1. The summed E-state index contributed by atoms with van der Waals surface area (Å²) < 4.78 is 1.20. The van der Waals surface area contributed by atoms with Gasteiger partial charge in [0.05, 0.1) is 9.16 Å². The molecule has 0 spiro atoms. The molecule has 1 aromatic heterocycles. The van der Waals surface area contributed by atoms with E-state index in [4.69, 9.17) is 11.6 Å². The van der Waals surface area contributed by atoms with Crippen molar-refractivity contribution < 1.29 is 0 Å². The Morgan fingerprint density at radius 3 is 2.50 bits per heavy atom. The minimum Gasteiger partial charge on any atom is -0.133 e. The summed E-state index contributed by atoms with van der Waals surface area (Å²) in [5, 5.41) is 0.218. The average molecular weight is 322 g/mol. The van der Waals surface area contributed by atoms with Crippen LogP contribution in [0, 0.1) is 18.8 Å². The fourth-order valence-electron chi connectivity index (χ4n) is 2.56. The highest BCUT2D eigenvalue weighted by Gasteiger charge is 2.27. The molecule has 3 heteroatoms. The van der Waals surface area contributed by atoms with E-state index in [0.29, 0.717) is 5.92 Å². The predicted octanol–water partition coefficient (Wildman–Crippen LogP) is 5.93. The van der Waals surface area contributed by atoms with Crippen LogP contribution in [-0.2, 0) is 0 Å². The van der Waals surface area contributed by atoms with Gasteiger partial charge in [0.1, 0.15) is 0 Å². The van der Waals surface area contributed by atoms with E-state index in [1.807, 2.05) is 0 Å². The molecule has 0 radical (unpaired) electrons. The van der Waals surface area contributed by atoms with Crippen LogP contribution in [0.1, 0.15) is 48.4 Å². The Labute approximate surface area is 116 Å². The van der Waals surface area contributed by atoms with Crippen LogP contribution in [0.25, 0.3) is 0 Å². The molecule has 1 heterocycles. The van der Waals surface area contributed by atoms with Crippen LogP contribution in [0.4, 0.5) is 0 Å². The van der Waals surface area contributed by atoms with E-state index in [-0.39, 0.29) is 5.38 Å². The third-order valence-corrected chi connectivity index (χ3v) is 5.86. The first-order valence-electron chi connectivity index (χ1n) is 5.98. The van der Waals surface area contributed by atoms with E-state index in [2.05, 4.69) is 35.8 Å². The van der Waals surface area contributed by atoms with Gasteiger partial charge in [-0.3, -0.25) is 0 Å². The third-order valence-electron chi connectivity index (χ3n) is 3.70. The number of thiophene rings is 1. The SMILES string of the molecule is Cc1sc(Br)cc1C(Cl)C1CCC(C)CC1. The predicted molar refractivity (Wildman–Crippen MR) is 76.5 cm³/mol. The van der Waals surface area contributed by atoms with E-state index in [1.165, 1.54) is 39.9 Å².